The number of hydrogen-bond donors (Lipinski definition) is 2. The molecular formula is C13H18N4O4. The van der Waals surface area contributed by atoms with Crippen LogP contribution in [0.25, 0.3) is 0 Å². The zero-order valence-corrected chi connectivity index (χ0v) is 11.6. The van der Waals surface area contributed by atoms with Crippen LogP contribution in [-0.2, 0) is 19.2 Å². The summed E-state index contributed by atoms with van der Waals surface area (Å²) in [5.41, 5.74) is 0. The SMILES string of the molecule is O=C1C[C@@H](N2CCCN([C@H]3CC(=O)NC3=O)CC2)C(=O)N1. The van der Waals surface area contributed by atoms with Crippen LogP contribution in [-0.4, -0.2) is 71.7 Å². The first-order chi connectivity index (χ1) is 10.0. The Hall–Kier alpha value is -1.80. The molecular weight excluding hydrogens is 276 g/mol. The maximum Gasteiger partial charge on any atom is 0.244 e. The number of carbonyl (C=O) groups is 4. The molecule has 3 heterocycles. The Kier molecular flexibility index (Phi) is 3.73. The van der Waals surface area contributed by atoms with Crippen LogP contribution in [0, 0.1) is 0 Å². The zero-order valence-electron chi connectivity index (χ0n) is 11.6. The fourth-order valence-corrected chi connectivity index (χ4v) is 3.25. The maximum atomic E-state index is 11.7. The number of carbonyl (C=O) groups excluding carboxylic acids is 4. The van der Waals surface area contributed by atoms with Crippen LogP contribution in [0.1, 0.15) is 19.3 Å². The highest BCUT2D eigenvalue weighted by Crippen LogP contribution is 2.17. The van der Waals surface area contributed by atoms with Crippen molar-refractivity contribution in [3.05, 3.63) is 0 Å². The number of hydrogen-bond acceptors (Lipinski definition) is 6. The van der Waals surface area contributed by atoms with Gasteiger partial charge in [-0.25, -0.2) is 0 Å². The molecule has 114 valence electrons. The van der Waals surface area contributed by atoms with Gasteiger partial charge in [0.2, 0.25) is 23.6 Å². The predicted octanol–water partition coefficient (Wildman–Crippen LogP) is -2.18. The highest BCUT2D eigenvalue weighted by atomic mass is 16.2. The van der Waals surface area contributed by atoms with Crippen molar-refractivity contribution in [2.45, 2.75) is 31.3 Å². The van der Waals surface area contributed by atoms with E-state index in [-0.39, 0.29) is 36.5 Å². The maximum absolute atomic E-state index is 11.7. The Bertz CT molecular complexity index is 462. The summed E-state index contributed by atoms with van der Waals surface area (Å²) in [5, 5.41) is 4.64. The second-order valence-electron chi connectivity index (χ2n) is 5.69. The third-order valence-corrected chi connectivity index (χ3v) is 4.33. The molecule has 4 amide bonds. The monoisotopic (exact) mass is 294 g/mol. The minimum absolute atomic E-state index is 0.210. The molecule has 0 bridgehead atoms. The topological polar surface area (TPSA) is 98.8 Å². The Balaban J connectivity index is 1.62. The van der Waals surface area contributed by atoms with E-state index in [2.05, 4.69) is 10.6 Å². The quantitative estimate of drug-likeness (QED) is 0.562. The summed E-state index contributed by atoms with van der Waals surface area (Å²) < 4.78 is 0. The van der Waals surface area contributed by atoms with E-state index in [1.807, 2.05) is 9.80 Å². The van der Waals surface area contributed by atoms with Crippen LogP contribution in [0.2, 0.25) is 0 Å². The van der Waals surface area contributed by atoms with Crippen LogP contribution in [0.3, 0.4) is 0 Å². The summed E-state index contributed by atoms with van der Waals surface area (Å²) >= 11 is 0. The van der Waals surface area contributed by atoms with E-state index in [1.165, 1.54) is 0 Å². The highest BCUT2D eigenvalue weighted by Gasteiger charge is 2.39. The lowest BCUT2D eigenvalue weighted by atomic mass is 10.2. The van der Waals surface area contributed by atoms with Gasteiger partial charge in [-0.1, -0.05) is 0 Å². The molecule has 0 aromatic carbocycles. The van der Waals surface area contributed by atoms with Gasteiger partial charge in [0.15, 0.2) is 0 Å². The first-order valence-corrected chi connectivity index (χ1v) is 7.20. The van der Waals surface area contributed by atoms with Crippen LogP contribution in [0.5, 0.6) is 0 Å². The Morgan fingerprint density at radius 1 is 0.714 bits per heavy atom. The van der Waals surface area contributed by atoms with Crippen molar-refractivity contribution in [2.75, 3.05) is 26.2 Å². The molecule has 3 fully saturated rings. The van der Waals surface area contributed by atoms with Crippen LogP contribution < -0.4 is 10.6 Å². The summed E-state index contributed by atoms with van der Waals surface area (Å²) in [6, 6.07) is -0.784. The van der Waals surface area contributed by atoms with Gasteiger partial charge >= 0.3 is 0 Å². The molecule has 0 spiro atoms. The number of nitrogens with one attached hydrogen (secondary N) is 2. The molecule has 2 N–H and O–H groups in total. The molecule has 21 heavy (non-hydrogen) atoms. The molecule has 3 aliphatic heterocycles. The number of imide groups is 2. The van der Waals surface area contributed by atoms with E-state index >= 15 is 0 Å². The zero-order chi connectivity index (χ0) is 15.0. The smallest absolute Gasteiger partial charge is 0.244 e. The first-order valence-electron chi connectivity index (χ1n) is 7.20. The second-order valence-corrected chi connectivity index (χ2v) is 5.69. The molecule has 0 aromatic rings. The lowest BCUT2D eigenvalue weighted by Gasteiger charge is -2.26. The van der Waals surface area contributed by atoms with Crippen molar-refractivity contribution >= 4 is 23.6 Å². The molecule has 8 heteroatoms. The molecule has 0 saturated carbocycles. The Morgan fingerprint density at radius 3 is 1.48 bits per heavy atom. The number of nitrogens with zero attached hydrogens (tertiary/aromatic N) is 2. The summed E-state index contributed by atoms with van der Waals surface area (Å²) in [6.45, 7) is 2.65. The molecule has 0 unspecified atom stereocenters. The third-order valence-electron chi connectivity index (χ3n) is 4.33. The fourth-order valence-electron chi connectivity index (χ4n) is 3.25. The van der Waals surface area contributed by atoms with Gasteiger partial charge in [0.05, 0.1) is 24.9 Å². The summed E-state index contributed by atoms with van der Waals surface area (Å²) in [5.74, 6) is -0.928. The second kappa shape index (κ2) is 5.53. The van der Waals surface area contributed by atoms with Gasteiger partial charge in [-0.2, -0.15) is 0 Å². The molecule has 3 rings (SSSR count). The average molecular weight is 294 g/mol. The molecule has 2 atom stereocenters. The van der Waals surface area contributed by atoms with E-state index in [0.717, 1.165) is 6.42 Å². The van der Waals surface area contributed by atoms with Crippen LogP contribution in [0.4, 0.5) is 0 Å². The minimum Gasteiger partial charge on any atom is -0.295 e. The van der Waals surface area contributed by atoms with Crippen molar-refractivity contribution in [3.63, 3.8) is 0 Å². The minimum atomic E-state index is -0.392. The van der Waals surface area contributed by atoms with E-state index < -0.39 is 12.1 Å². The van der Waals surface area contributed by atoms with E-state index in [1.54, 1.807) is 0 Å². The summed E-state index contributed by atoms with van der Waals surface area (Å²) in [6.07, 6.45) is 1.22. The molecule has 0 radical (unpaired) electrons. The van der Waals surface area contributed by atoms with Gasteiger partial charge in [-0.15, -0.1) is 0 Å². The van der Waals surface area contributed by atoms with Crippen molar-refractivity contribution in [2.24, 2.45) is 0 Å². The molecule has 8 nitrogen and oxygen atoms in total. The summed E-state index contributed by atoms with van der Waals surface area (Å²) in [7, 11) is 0. The van der Waals surface area contributed by atoms with Crippen molar-refractivity contribution < 1.29 is 19.2 Å². The van der Waals surface area contributed by atoms with Crippen molar-refractivity contribution in [1.82, 2.24) is 20.4 Å². The standard InChI is InChI=1S/C13H18N4O4/c18-10-6-8(12(20)14-10)16-2-1-3-17(5-4-16)9-7-11(19)15-13(9)21/h8-9H,1-7H2,(H,14,18,20)(H,15,19,21)/t8-,9+. The largest absolute Gasteiger partial charge is 0.295 e. The molecule has 3 saturated heterocycles. The fraction of sp³-hybridized carbons (Fsp3) is 0.692. The third kappa shape index (κ3) is 2.81. The lowest BCUT2D eigenvalue weighted by Crippen LogP contribution is -2.45. The Morgan fingerprint density at radius 2 is 1.14 bits per heavy atom. The van der Waals surface area contributed by atoms with Gasteiger partial charge in [-0.3, -0.25) is 39.6 Å². The van der Waals surface area contributed by atoms with Crippen LogP contribution in [0.15, 0.2) is 0 Å². The summed E-state index contributed by atoms with van der Waals surface area (Å²) in [4.78, 5) is 50.0. The van der Waals surface area contributed by atoms with Crippen molar-refractivity contribution in [3.8, 4) is 0 Å². The van der Waals surface area contributed by atoms with Crippen molar-refractivity contribution in [1.29, 1.82) is 0 Å². The van der Waals surface area contributed by atoms with Gasteiger partial charge in [0.1, 0.15) is 0 Å². The Labute approximate surface area is 121 Å². The number of rotatable bonds is 2. The lowest BCUT2D eigenvalue weighted by molar-refractivity contribution is -0.128. The average Bonchev–Trinajstić information content (AvgIpc) is 2.83. The van der Waals surface area contributed by atoms with Gasteiger partial charge < -0.3 is 0 Å². The predicted molar refractivity (Wildman–Crippen MR) is 70.9 cm³/mol. The van der Waals surface area contributed by atoms with Gasteiger partial charge in [-0.05, 0) is 6.42 Å². The molecule has 3 aliphatic rings. The van der Waals surface area contributed by atoms with Crippen LogP contribution >= 0.6 is 0 Å². The van der Waals surface area contributed by atoms with Gasteiger partial charge in [0, 0.05) is 26.2 Å². The van der Waals surface area contributed by atoms with E-state index in [4.69, 9.17) is 0 Å². The molecule has 0 aromatic heterocycles. The van der Waals surface area contributed by atoms with Gasteiger partial charge in [0.25, 0.3) is 0 Å². The van der Waals surface area contributed by atoms with E-state index in [9.17, 15) is 19.2 Å². The van der Waals surface area contributed by atoms with E-state index in [0.29, 0.717) is 26.2 Å². The highest BCUT2D eigenvalue weighted by molar-refractivity contribution is 6.06. The molecule has 0 aliphatic carbocycles. The number of amides is 4. The first kappa shape index (κ1) is 14.2. The normalized spacial score (nSPS) is 32.2.